The van der Waals surface area contributed by atoms with E-state index in [-0.39, 0.29) is 10.8 Å². The number of anilines is 1. The lowest BCUT2D eigenvalue weighted by Crippen LogP contribution is -2.13. The Bertz CT molecular complexity index is 1220. The molecule has 0 aliphatic heterocycles. The van der Waals surface area contributed by atoms with Crippen LogP contribution in [0, 0.1) is 6.92 Å². The molecule has 4 aromatic rings. The monoisotopic (exact) mass is 405 g/mol. The first kappa shape index (κ1) is 18.9. The molecule has 4 rings (SSSR count). The molecule has 3 aromatic carbocycles. The second-order valence-corrected chi connectivity index (χ2v) is 8.32. The fourth-order valence-corrected chi connectivity index (χ4v) is 3.97. The molecule has 0 radical (unpaired) electrons. The van der Waals surface area contributed by atoms with Crippen LogP contribution in [0.2, 0.25) is 0 Å². The molecule has 0 amide bonds. The van der Waals surface area contributed by atoms with E-state index in [1.54, 1.807) is 48.5 Å². The van der Waals surface area contributed by atoms with Gasteiger partial charge in [0.2, 0.25) is 0 Å². The number of rotatable bonds is 6. The number of nitrogens with one attached hydrogen (secondary N) is 1. The number of aromatic nitrogens is 2. The van der Waals surface area contributed by atoms with Gasteiger partial charge in [0.05, 0.1) is 16.1 Å². The summed E-state index contributed by atoms with van der Waals surface area (Å²) in [5.74, 6) is 0.792. The molecule has 1 heterocycles. The summed E-state index contributed by atoms with van der Waals surface area (Å²) in [5, 5.41) is 4.03. The number of benzene rings is 3. The van der Waals surface area contributed by atoms with E-state index >= 15 is 0 Å². The average Bonchev–Trinajstić information content (AvgIpc) is 3.17. The molecule has 7 heteroatoms. The zero-order chi connectivity index (χ0) is 20.3. The van der Waals surface area contributed by atoms with Gasteiger partial charge in [-0.25, -0.2) is 8.42 Å². The van der Waals surface area contributed by atoms with Crippen LogP contribution < -0.4 is 4.72 Å². The van der Waals surface area contributed by atoms with Gasteiger partial charge in [-0.1, -0.05) is 65.3 Å². The van der Waals surface area contributed by atoms with E-state index in [9.17, 15) is 8.42 Å². The van der Waals surface area contributed by atoms with Crippen molar-refractivity contribution in [2.45, 2.75) is 18.2 Å². The Balaban J connectivity index is 1.61. The van der Waals surface area contributed by atoms with Crippen molar-refractivity contribution in [1.82, 2.24) is 10.1 Å². The van der Waals surface area contributed by atoms with E-state index < -0.39 is 10.0 Å². The summed E-state index contributed by atoms with van der Waals surface area (Å²) in [6.07, 6.45) is 0.529. The van der Waals surface area contributed by atoms with Crippen LogP contribution in [-0.2, 0) is 16.4 Å². The molecule has 0 spiro atoms. The predicted octanol–water partition coefficient (Wildman–Crippen LogP) is 4.44. The maximum Gasteiger partial charge on any atom is 0.261 e. The van der Waals surface area contributed by atoms with Crippen LogP contribution in [0.15, 0.2) is 88.3 Å². The van der Waals surface area contributed by atoms with Crippen LogP contribution in [0.5, 0.6) is 0 Å². The molecule has 146 valence electrons. The van der Waals surface area contributed by atoms with Crippen LogP contribution in [0.1, 0.15) is 17.0 Å². The van der Waals surface area contributed by atoms with Gasteiger partial charge < -0.3 is 4.52 Å². The Labute approximate surface area is 169 Å². The largest absolute Gasteiger partial charge is 0.334 e. The Hall–Kier alpha value is -3.45. The lowest BCUT2D eigenvalue weighted by Gasteiger charge is -2.10. The Morgan fingerprint density at radius 2 is 1.59 bits per heavy atom. The Morgan fingerprint density at radius 1 is 0.897 bits per heavy atom. The molecular formula is C22H19N3O3S. The van der Waals surface area contributed by atoms with Gasteiger partial charge in [0.15, 0.2) is 5.82 Å². The molecule has 0 saturated heterocycles. The van der Waals surface area contributed by atoms with Crippen molar-refractivity contribution in [3.63, 3.8) is 0 Å². The number of hydrogen-bond acceptors (Lipinski definition) is 5. The maximum atomic E-state index is 12.8. The zero-order valence-corrected chi connectivity index (χ0v) is 16.6. The van der Waals surface area contributed by atoms with E-state index in [1.165, 1.54) is 0 Å². The minimum absolute atomic E-state index is 0.188. The molecule has 0 saturated carbocycles. The van der Waals surface area contributed by atoms with Gasteiger partial charge in [0.25, 0.3) is 15.9 Å². The van der Waals surface area contributed by atoms with Gasteiger partial charge in [0, 0.05) is 6.42 Å². The first-order chi connectivity index (χ1) is 14.0. The highest BCUT2D eigenvalue weighted by molar-refractivity contribution is 7.92. The van der Waals surface area contributed by atoms with Gasteiger partial charge in [-0.3, -0.25) is 4.72 Å². The summed E-state index contributed by atoms with van der Waals surface area (Å²) in [4.78, 5) is 4.63. The molecular weight excluding hydrogens is 386 g/mol. The summed E-state index contributed by atoms with van der Waals surface area (Å²) >= 11 is 0. The van der Waals surface area contributed by atoms with Crippen LogP contribution >= 0.6 is 0 Å². The first-order valence-corrected chi connectivity index (χ1v) is 10.5. The smallest absolute Gasteiger partial charge is 0.261 e. The number of sulfonamides is 1. The minimum atomic E-state index is -3.74. The van der Waals surface area contributed by atoms with Crippen molar-refractivity contribution >= 4 is 15.7 Å². The van der Waals surface area contributed by atoms with Crippen molar-refractivity contribution in [3.8, 4) is 11.5 Å². The van der Waals surface area contributed by atoms with Crippen LogP contribution in [0.3, 0.4) is 0 Å². The molecule has 0 aliphatic rings. The quantitative estimate of drug-likeness (QED) is 0.513. The van der Waals surface area contributed by atoms with Gasteiger partial charge in [0.1, 0.15) is 0 Å². The van der Waals surface area contributed by atoms with Crippen LogP contribution in [0.4, 0.5) is 5.69 Å². The summed E-state index contributed by atoms with van der Waals surface area (Å²) in [6.45, 7) is 1.90. The molecule has 6 nitrogen and oxygen atoms in total. The second kappa shape index (κ2) is 7.89. The normalized spacial score (nSPS) is 11.3. The molecule has 29 heavy (non-hydrogen) atoms. The third kappa shape index (κ3) is 4.35. The standard InChI is InChI=1S/C22H19N3O3S/c1-16-11-13-18(14-12-16)29(26,27)25-20-10-6-5-9-19(20)22-23-21(24-28-22)15-17-7-3-2-4-8-17/h2-14,25H,15H2,1H3. The fourth-order valence-electron chi connectivity index (χ4n) is 2.89. The first-order valence-electron chi connectivity index (χ1n) is 9.07. The van der Waals surface area contributed by atoms with Crippen LogP contribution in [-0.4, -0.2) is 18.6 Å². The molecule has 0 fully saturated rings. The molecule has 1 aromatic heterocycles. The lowest BCUT2D eigenvalue weighted by atomic mass is 10.1. The zero-order valence-electron chi connectivity index (χ0n) is 15.7. The predicted molar refractivity (Wildman–Crippen MR) is 111 cm³/mol. The summed E-state index contributed by atoms with van der Waals surface area (Å²) in [7, 11) is -3.74. The number of nitrogens with zero attached hydrogens (tertiary/aromatic N) is 2. The highest BCUT2D eigenvalue weighted by atomic mass is 32.2. The molecule has 0 atom stereocenters. The maximum absolute atomic E-state index is 12.8. The highest BCUT2D eigenvalue weighted by Gasteiger charge is 2.19. The highest BCUT2D eigenvalue weighted by Crippen LogP contribution is 2.28. The molecule has 0 unspecified atom stereocenters. The van der Waals surface area contributed by atoms with Crippen molar-refractivity contribution in [1.29, 1.82) is 0 Å². The Kier molecular flexibility index (Phi) is 5.14. The van der Waals surface area contributed by atoms with E-state index in [2.05, 4.69) is 14.9 Å². The van der Waals surface area contributed by atoms with Crippen molar-refractivity contribution < 1.29 is 12.9 Å². The van der Waals surface area contributed by atoms with E-state index in [0.717, 1.165) is 11.1 Å². The van der Waals surface area contributed by atoms with Gasteiger partial charge >= 0.3 is 0 Å². The van der Waals surface area contributed by atoms with Gasteiger partial charge in [-0.15, -0.1) is 0 Å². The topological polar surface area (TPSA) is 85.1 Å². The second-order valence-electron chi connectivity index (χ2n) is 6.64. The average molecular weight is 405 g/mol. The van der Waals surface area contributed by atoms with E-state index in [1.807, 2.05) is 37.3 Å². The van der Waals surface area contributed by atoms with Gasteiger partial charge in [-0.05, 0) is 36.8 Å². The number of aryl methyl sites for hydroxylation is 1. The summed E-state index contributed by atoms with van der Waals surface area (Å²) in [6, 6.07) is 23.4. The number of hydrogen-bond donors (Lipinski definition) is 1. The molecule has 0 aliphatic carbocycles. The third-order valence-electron chi connectivity index (χ3n) is 4.41. The Morgan fingerprint density at radius 3 is 2.34 bits per heavy atom. The SMILES string of the molecule is Cc1ccc(S(=O)(=O)Nc2ccccc2-c2nc(Cc3ccccc3)no2)cc1. The third-order valence-corrected chi connectivity index (χ3v) is 5.79. The van der Waals surface area contributed by atoms with E-state index in [0.29, 0.717) is 23.5 Å². The summed E-state index contributed by atoms with van der Waals surface area (Å²) < 4.78 is 33.6. The van der Waals surface area contributed by atoms with Crippen molar-refractivity contribution in [3.05, 3.63) is 95.8 Å². The van der Waals surface area contributed by atoms with Crippen molar-refractivity contribution in [2.75, 3.05) is 4.72 Å². The van der Waals surface area contributed by atoms with Crippen molar-refractivity contribution in [2.24, 2.45) is 0 Å². The summed E-state index contributed by atoms with van der Waals surface area (Å²) in [5.41, 5.74) is 2.95. The number of para-hydroxylation sites is 1. The fraction of sp³-hybridized carbons (Fsp3) is 0.0909. The lowest BCUT2D eigenvalue weighted by molar-refractivity contribution is 0.424. The molecule has 1 N–H and O–H groups in total. The van der Waals surface area contributed by atoms with Crippen LogP contribution in [0.25, 0.3) is 11.5 Å². The minimum Gasteiger partial charge on any atom is -0.334 e. The van der Waals surface area contributed by atoms with E-state index in [4.69, 9.17) is 4.52 Å². The molecule has 0 bridgehead atoms. The van der Waals surface area contributed by atoms with Gasteiger partial charge in [-0.2, -0.15) is 4.98 Å².